The zero-order valence-corrected chi connectivity index (χ0v) is 12.0. The molecule has 1 heterocycles. The summed E-state index contributed by atoms with van der Waals surface area (Å²) in [5.74, 6) is -0.593. The van der Waals surface area contributed by atoms with Crippen LogP contribution in [-0.2, 0) is 4.79 Å². The zero-order chi connectivity index (χ0) is 15.2. The molecular formula is C15H18N4O2. The van der Waals surface area contributed by atoms with Crippen LogP contribution in [0.5, 0.6) is 0 Å². The van der Waals surface area contributed by atoms with E-state index in [1.807, 2.05) is 44.2 Å². The van der Waals surface area contributed by atoms with Crippen LogP contribution in [0, 0.1) is 0 Å². The first-order valence-corrected chi connectivity index (χ1v) is 6.73. The van der Waals surface area contributed by atoms with Gasteiger partial charge in [0, 0.05) is 17.9 Å². The van der Waals surface area contributed by atoms with Crippen LogP contribution in [0.2, 0.25) is 0 Å². The third kappa shape index (κ3) is 4.17. The molecule has 0 bridgehead atoms. The molecule has 0 radical (unpaired) electrons. The molecule has 0 aliphatic rings. The highest BCUT2D eigenvalue weighted by Crippen LogP contribution is 2.07. The fraction of sp³-hybridized carbons (Fsp3) is 0.267. The molecule has 1 aromatic heterocycles. The number of benzene rings is 1. The molecule has 21 heavy (non-hydrogen) atoms. The van der Waals surface area contributed by atoms with Gasteiger partial charge in [-0.15, -0.1) is 0 Å². The standard InChI is InChI=1S/C15H18N4O2/c1-11(2)18-14(20)8-16-15(21)13-9-19(10-17-13)12-6-4-3-5-7-12/h3-7,9-11H,8H2,1-2H3,(H,16,21)(H,18,20). The van der Waals surface area contributed by atoms with Gasteiger partial charge in [-0.05, 0) is 26.0 Å². The van der Waals surface area contributed by atoms with Crippen LogP contribution in [-0.4, -0.2) is 34.0 Å². The quantitative estimate of drug-likeness (QED) is 0.865. The van der Waals surface area contributed by atoms with Crippen molar-refractivity contribution < 1.29 is 9.59 Å². The van der Waals surface area contributed by atoms with Gasteiger partial charge in [-0.1, -0.05) is 18.2 Å². The maximum Gasteiger partial charge on any atom is 0.271 e. The largest absolute Gasteiger partial charge is 0.352 e. The van der Waals surface area contributed by atoms with Crippen molar-refractivity contribution in [2.75, 3.05) is 6.54 Å². The summed E-state index contributed by atoms with van der Waals surface area (Å²) in [4.78, 5) is 27.4. The van der Waals surface area contributed by atoms with Gasteiger partial charge in [0.05, 0.1) is 6.54 Å². The van der Waals surface area contributed by atoms with Crippen molar-refractivity contribution in [1.82, 2.24) is 20.2 Å². The highest BCUT2D eigenvalue weighted by molar-refractivity contribution is 5.94. The molecule has 1 aromatic carbocycles. The number of imidazole rings is 1. The molecule has 2 N–H and O–H groups in total. The fourth-order valence-electron chi connectivity index (χ4n) is 1.81. The lowest BCUT2D eigenvalue weighted by atomic mass is 10.3. The molecule has 110 valence electrons. The minimum atomic E-state index is -0.372. The minimum absolute atomic E-state index is 0.0479. The van der Waals surface area contributed by atoms with Crippen LogP contribution < -0.4 is 10.6 Å². The highest BCUT2D eigenvalue weighted by atomic mass is 16.2. The Bertz CT molecular complexity index is 620. The lowest BCUT2D eigenvalue weighted by Crippen LogP contribution is -2.39. The number of rotatable bonds is 5. The summed E-state index contributed by atoms with van der Waals surface area (Å²) in [6.45, 7) is 3.66. The van der Waals surface area contributed by atoms with Gasteiger partial charge in [0.2, 0.25) is 5.91 Å². The molecule has 0 saturated heterocycles. The topological polar surface area (TPSA) is 76.0 Å². The van der Waals surface area contributed by atoms with E-state index < -0.39 is 0 Å². The van der Waals surface area contributed by atoms with Crippen molar-refractivity contribution >= 4 is 11.8 Å². The number of hydrogen-bond donors (Lipinski definition) is 2. The summed E-state index contributed by atoms with van der Waals surface area (Å²) in [5, 5.41) is 5.24. The average Bonchev–Trinajstić information content (AvgIpc) is 2.95. The Morgan fingerprint density at radius 2 is 1.95 bits per heavy atom. The molecule has 0 spiro atoms. The summed E-state index contributed by atoms with van der Waals surface area (Å²) in [7, 11) is 0. The van der Waals surface area contributed by atoms with Crippen molar-refractivity contribution in [1.29, 1.82) is 0 Å². The smallest absolute Gasteiger partial charge is 0.271 e. The molecule has 0 atom stereocenters. The summed E-state index contributed by atoms with van der Waals surface area (Å²) >= 11 is 0. The normalized spacial score (nSPS) is 10.4. The number of aromatic nitrogens is 2. The van der Waals surface area contributed by atoms with Gasteiger partial charge in [-0.2, -0.15) is 0 Å². The van der Waals surface area contributed by atoms with Crippen molar-refractivity contribution in [3.63, 3.8) is 0 Å². The van der Waals surface area contributed by atoms with Crippen LogP contribution >= 0.6 is 0 Å². The third-order valence-corrected chi connectivity index (χ3v) is 2.73. The van der Waals surface area contributed by atoms with E-state index in [9.17, 15) is 9.59 Å². The molecule has 6 heteroatoms. The van der Waals surface area contributed by atoms with Gasteiger partial charge in [0.15, 0.2) is 0 Å². The van der Waals surface area contributed by atoms with E-state index in [4.69, 9.17) is 0 Å². The number of para-hydroxylation sites is 1. The van der Waals surface area contributed by atoms with Gasteiger partial charge >= 0.3 is 0 Å². The van der Waals surface area contributed by atoms with Gasteiger partial charge in [0.25, 0.3) is 5.91 Å². The van der Waals surface area contributed by atoms with Crippen molar-refractivity contribution in [2.24, 2.45) is 0 Å². The Balaban J connectivity index is 1.95. The van der Waals surface area contributed by atoms with E-state index in [1.165, 1.54) is 0 Å². The molecule has 0 saturated carbocycles. The Morgan fingerprint density at radius 3 is 2.62 bits per heavy atom. The van der Waals surface area contributed by atoms with Crippen LogP contribution in [0.4, 0.5) is 0 Å². The second-order valence-corrected chi connectivity index (χ2v) is 4.91. The van der Waals surface area contributed by atoms with Crippen molar-refractivity contribution in [3.8, 4) is 5.69 Å². The Hall–Kier alpha value is -2.63. The van der Waals surface area contributed by atoms with Gasteiger partial charge in [0.1, 0.15) is 12.0 Å². The van der Waals surface area contributed by atoms with Crippen LogP contribution in [0.1, 0.15) is 24.3 Å². The highest BCUT2D eigenvalue weighted by Gasteiger charge is 2.11. The fourth-order valence-corrected chi connectivity index (χ4v) is 1.81. The molecular weight excluding hydrogens is 268 g/mol. The predicted octanol–water partition coefficient (Wildman–Crippen LogP) is 1.13. The number of carbonyl (C=O) groups is 2. The van der Waals surface area contributed by atoms with Crippen LogP contribution in [0.3, 0.4) is 0 Å². The summed E-state index contributed by atoms with van der Waals surface area (Å²) < 4.78 is 1.75. The maximum atomic E-state index is 11.9. The second kappa shape index (κ2) is 6.69. The number of nitrogens with zero attached hydrogens (tertiary/aromatic N) is 2. The minimum Gasteiger partial charge on any atom is -0.352 e. The third-order valence-electron chi connectivity index (χ3n) is 2.73. The first-order valence-electron chi connectivity index (χ1n) is 6.73. The SMILES string of the molecule is CC(C)NC(=O)CNC(=O)c1cn(-c2ccccc2)cn1. The molecule has 2 aromatic rings. The Morgan fingerprint density at radius 1 is 1.24 bits per heavy atom. The lowest BCUT2D eigenvalue weighted by Gasteiger charge is -2.08. The molecule has 6 nitrogen and oxygen atoms in total. The van der Waals surface area contributed by atoms with Crippen molar-refractivity contribution in [2.45, 2.75) is 19.9 Å². The van der Waals surface area contributed by atoms with E-state index in [0.29, 0.717) is 0 Å². The van der Waals surface area contributed by atoms with Crippen molar-refractivity contribution in [3.05, 3.63) is 48.5 Å². The molecule has 2 rings (SSSR count). The molecule has 0 aliphatic carbocycles. The second-order valence-electron chi connectivity index (χ2n) is 4.91. The predicted molar refractivity (Wildman–Crippen MR) is 79.2 cm³/mol. The van der Waals surface area contributed by atoms with E-state index in [2.05, 4.69) is 15.6 Å². The van der Waals surface area contributed by atoms with Gasteiger partial charge < -0.3 is 15.2 Å². The number of hydrogen-bond acceptors (Lipinski definition) is 3. The van der Waals surface area contributed by atoms with E-state index in [-0.39, 0.29) is 30.1 Å². The van der Waals surface area contributed by atoms with Gasteiger partial charge in [-0.25, -0.2) is 4.98 Å². The van der Waals surface area contributed by atoms with E-state index in [1.54, 1.807) is 17.1 Å². The molecule has 0 aliphatic heterocycles. The summed E-state index contributed by atoms with van der Waals surface area (Å²) in [5.41, 5.74) is 1.19. The zero-order valence-electron chi connectivity index (χ0n) is 12.0. The first kappa shape index (κ1) is 14.8. The Labute approximate surface area is 123 Å². The number of amides is 2. The first-order chi connectivity index (χ1) is 10.1. The van der Waals surface area contributed by atoms with Crippen LogP contribution in [0.15, 0.2) is 42.9 Å². The van der Waals surface area contributed by atoms with Gasteiger partial charge in [-0.3, -0.25) is 9.59 Å². The summed E-state index contributed by atoms with van der Waals surface area (Å²) in [6.07, 6.45) is 3.20. The molecule has 0 fully saturated rings. The Kier molecular flexibility index (Phi) is 4.71. The molecule has 2 amide bonds. The summed E-state index contributed by atoms with van der Waals surface area (Å²) in [6, 6.07) is 9.61. The maximum absolute atomic E-state index is 11.9. The van der Waals surface area contributed by atoms with Crippen LogP contribution in [0.25, 0.3) is 5.69 Å². The van der Waals surface area contributed by atoms with E-state index in [0.717, 1.165) is 5.69 Å². The average molecular weight is 286 g/mol. The van der Waals surface area contributed by atoms with E-state index >= 15 is 0 Å². The molecule has 0 unspecified atom stereocenters. The lowest BCUT2D eigenvalue weighted by molar-refractivity contribution is -0.120. The number of carbonyl (C=O) groups excluding carboxylic acids is 2. The number of nitrogens with one attached hydrogen (secondary N) is 2. The monoisotopic (exact) mass is 286 g/mol.